The number of hydrogen-bond acceptors (Lipinski definition) is 5. The molecule has 2 aromatic rings. The highest BCUT2D eigenvalue weighted by atomic mass is 32.1. The van der Waals surface area contributed by atoms with Crippen LogP contribution in [-0.2, 0) is 4.74 Å². The average Bonchev–Trinajstić information content (AvgIpc) is 2.77. The maximum absolute atomic E-state index is 11.3. The Hall–Kier alpha value is -1.75. The lowest BCUT2D eigenvalue weighted by atomic mass is 10.2. The fraction of sp³-hybridized carbons (Fsp3) is 0.182. The molecule has 0 aliphatic heterocycles. The van der Waals surface area contributed by atoms with Crippen molar-refractivity contribution in [2.75, 3.05) is 7.11 Å². The third-order valence-electron chi connectivity index (χ3n) is 2.05. The molecule has 0 unspecified atom stereocenters. The maximum atomic E-state index is 11.3. The molecule has 0 fully saturated rings. The molecule has 2 rings (SSSR count). The van der Waals surface area contributed by atoms with E-state index in [1.807, 2.05) is 19.1 Å². The maximum Gasteiger partial charge on any atom is 0.348 e. The molecule has 82 valence electrons. The SMILES string of the molecule is COC(=O)c1ccc(-c2cnnc(C)c2)s1. The number of methoxy groups -OCH3 is 1. The average molecular weight is 234 g/mol. The highest BCUT2D eigenvalue weighted by Crippen LogP contribution is 2.27. The summed E-state index contributed by atoms with van der Waals surface area (Å²) in [5, 5.41) is 7.76. The van der Waals surface area contributed by atoms with E-state index in [1.54, 1.807) is 12.3 Å². The molecule has 0 saturated carbocycles. The molecule has 0 bridgehead atoms. The van der Waals surface area contributed by atoms with Gasteiger partial charge in [-0.2, -0.15) is 10.2 Å². The zero-order chi connectivity index (χ0) is 11.5. The van der Waals surface area contributed by atoms with Crippen molar-refractivity contribution in [1.82, 2.24) is 10.2 Å². The normalized spacial score (nSPS) is 10.1. The summed E-state index contributed by atoms with van der Waals surface area (Å²) >= 11 is 1.39. The van der Waals surface area contributed by atoms with E-state index in [4.69, 9.17) is 0 Å². The topological polar surface area (TPSA) is 52.1 Å². The molecule has 2 aromatic heterocycles. The molecule has 0 spiro atoms. The Morgan fingerprint density at radius 2 is 2.25 bits per heavy atom. The highest BCUT2D eigenvalue weighted by Gasteiger charge is 2.10. The van der Waals surface area contributed by atoms with E-state index in [1.165, 1.54) is 18.4 Å². The summed E-state index contributed by atoms with van der Waals surface area (Å²) < 4.78 is 4.65. The molecule has 0 aliphatic carbocycles. The summed E-state index contributed by atoms with van der Waals surface area (Å²) in [6.45, 7) is 1.88. The first-order valence-electron chi connectivity index (χ1n) is 4.68. The fourth-order valence-electron chi connectivity index (χ4n) is 1.31. The Kier molecular flexibility index (Phi) is 2.96. The predicted octanol–water partition coefficient (Wildman–Crippen LogP) is 2.30. The van der Waals surface area contributed by atoms with E-state index < -0.39 is 0 Å². The van der Waals surface area contributed by atoms with Crippen LogP contribution in [0.5, 0.6) is 0 Å². The van der Waals surface area contributed by atoms with Crippen molar-refractivity contribution in [2.45, 2.75) is 6.92 Å². The van der Waals surface area contributed by atoms with Gasteiger partial charge in [0, 0.05) is 10.4 Å². The van der Waals surface area contributed by atoms with Crippen molar-refractivity contribution in [3.63, 3.8) is 0 Å². The number of carbonyl (C=O) groups excluding carboxylic acids is 1. The zero-order valence-corrected chi connectivity index (χ0v) is 9.75. The second-order valence-corrected chi connectivity index (χ2v) is 4.32. The Morgan fingerprint density at radius 1 is 1.44 bits per heavy atom. The van der Waals surface area contributed by atoms with Crippen molar-refractivity contribution >= 4 is 17.3 Å². The number of hydrogen-bond donors (Lipinski definition) is 0. The standard InChI is InChI=1S/C11H10N2O2S/c1-7-5-8(6-12-13-7)9-3-4-10(16-9)11(14)15-2/h3-6H,1-2H3. The third-order valence-corrected chi connectivity index (χ3v) is 3.17. The summed E-state index contributed by atoms with van der Waals surface area (Å²) in [6, 6.07) is 5.56. The van der Waals surface area contributed by atoms with Crippen molar-refractivity contribution in [2.24, 2.45) is 0 Å². The van der Waals surface area contributed by atoms with Crippen molar-refractivity contribution in [1.29, 1.82) is 0 Å². The van der Waals surface area contributed by atoms with Crippen LogP contribution in [-0.4, -0.2) is 23.3 Å². The lowest BCUT2D eigenvalue weighted by molar-refractivity contribution is 0.0606. The molecule has 0 radical (unpaired) electrons. The Morgan fingerprint density at radius 3 is 2.94 bits per heavy atom. The van der Waals surface area contributed by atoms with Gasteiger partial charge in [-0.1, -0.05) is 0 Å². The number of thiophene rings is 1. The lowest BCUT2D eigenvalue weighted by Gasteiger charge is -1.96. The van der Waals surface area contributed by atoms with Crippen LogP contribution in [0.2, 0.25) is 0 Å². The Balaban J connectivity index is 2.35. The van der Waals surface area contributed by atoms with Crippen LogP contribution in [0.4, 0.5) is 0 Å². The second kappa shape index (κ2) is 4.40. The Labute approximate surface area is 96.9 Å². The molecular weight excluding hydrogens is 224 g/mol. The van der Waals surface area contributed by atoms with Gasteiger partial charge >= 0.3 is 5.97 Å². The number of carbonyl (C=O) groups is 1. The first kappa shape index (κ1) is 10.8. The fourth-order valence-corrected chi connectivity index (χ4v) is 2.22. The van der Waals surface area contributed by atoms with Gasteiger partial charge in [0.1, 0.15) is 4.88 Å². The van der Waals surface area contributed by atoms with Gasteiger partial charge in [0.15, 0.2) is 0 Å². The van der Waals surface area contributed by atoms with Gasteiger partial charge in [0.05, 0.1) is 19.0 Å². The number of aryl methyl sites for hydroxylation is 1. The number of ether oxygens (including phenoxy) is 1. The minimum atomic E-state index is -0.310. The van der Waals surface area contributed by atoms with Gasteiger partial charge in [0.25, 0.3) is 0 Å². The summed E-state index contributed by atoms with van der Waals surface area (Å²) in [7, 11) is 1.37. The van der Waals surface area contributed by atoms with Crippen LogP contribution < -0.4 is 0 Å². The lowest BCUT2D eigenvalue weighted by Crippen LogP contribution is -1.96. The molecule has 4 nitrogen and oxygen atoms in total. The highest BCUT2D eigenvalue weighted by molar-refractivity contribution is 7.17. The van der Waals surface area contributed by atoms with E-state index >= 15 is 0 Å². The van der Waals surface area contributed by atoms with Crippen molar-refractivity contribution in [3.8, 4) is 10.4 Å². The van der Waals surface area contributed by atoms with E-state index in [2.05, 4.69) is 14.9 Å². The summed E-state index contributed by atoms with van der Waals surface area (Å²) in [5.41, 5.74) is 1.82. The van der Waals surface area contributed by atoms with E-state index in [-0.39, 0.29) is 5.97 Å². The van der Waals surface area contributed by atoms with Gasteiger partial charge in [-0.25, -0.2) is 4.79 Å². The largest absolute Gasteiger partial charge is 0.465 e. The summed E-state index contributed by atoms with van der Waals surface area (Å²) in [4.78, 5) is 12.9. The molecule has 0 atom stereocenters. The minimum absolute atomic E-state index is 0.310. The van der Waals surface area contributed by atoms with Gasteiger partial charge in [0.2, 0.25) is 0 Å². The predicted molar refractivity (Wildman–Crippen MR) is 61.4 cm³/mol. The summed E-state index contributed by atoms with van der Waals surface area (Å²) in [5.74, 6) is -0.310. The number of esters is 1. The zero-order valence-electron chi connectivity index (χ0n) is 8.93. The third kappa shape index (κ3) is 2.09. The molecule has 0 aliphatic rings. The van der Waals surface area contributed by atoms with Crippen molar-refractivity contribution < 1.29 is 9.53 Å². The first-order chi connectivity index (χ1) is 7.70. The number of rotatable bonds is 2. The van der Waals surface area contributed by atoms with Gasteiger partial charge in [-0.05, 0) is 25.1 Å². The van der Waals surface area contributed by atoms with Crippen LogP contribution >= 0.6 is 11.3 Å². The van der Waals surface area contributed by atoms with Crippen LogP contribution in [0.25, 0.3) is 10.4 Å². The van der Waals surface area contributed by atoms with Crippen LogP contribution in [0.1, 0.15) is 15.4 Å². The first-order valence-corrected chi connectivity index (χ1v) is 5.50. The molecule has 0 aromatic carbocycles. The van der Waals surface area contributed by atoms with E-state index in [0.29, 0.717) is 4.88 Å². The van der Waals surface area contributed by atoms with E-state index in [0.717, 1.165) is 16.1 Å². The molecule has 16 heavy (non-hydrogen) atoms. The van der Waals surface area contributed by atoms with Crippen LogP contribution in [0.3, 0.4) is 0 Å². The van der Waals surface area contributed by atoms with Gasteiger partial charge in [-0.15, -0.1) is 11.3 Å². The van der Waals surface area contributed by atoms with Gasteiger partial charge < -0.3 is 4.74 Å². The van der Waals surface area contributed by atoms with E-state index in [9.17, 15) is 4.79 Å². The Bertz CT molecular complexity index is 522. The quantitative estimate of drug-likeness (QED) is 0.748. The van der Waals surface area contributed by atoms with Crippen molar-refractivity contribution in [3.05, 3.63) is 35.0 Å². The minimum Gasteiger partial charge on any atom is -0.465 e. The monoisotopic (exact) mass is 234 g/mol. The molecular formula is C11H10N2O2S. The molecule has 0 N–H and O–H groups in total. The number of aromatic nitrogens is 2. The number of nitrogens with zero attached hydrogens (tertiary/aromatic N) is 2. The molecule has 0 saturated heterocycles. The molecule has 5 heteroatoms. The van der Waals surface area contributed by atoms with Crippen LogP contribution in [0, 0.1) is 6.92 Å². The second-order valence-electron chi connectivity index (χ2n) is 3.24. The summed E-state index contributed by atoms with van der Waals surface area (Å²) in [6.07, 6.45) is 1.68. The molecule has 2 heterocycles. The van der Waals surface area contributed by atoms with Crippen LogP contribution in [0.15, 0.2) is 24.4 Å². The molecule has 0 amide bonds. The smallest absolute Gasteiger partial charge is 0.348 e. The van der Waals surface area contributed by atoms with Gasteiger partial charge in [-0.3, -0.25) is 0 Å².